The number of phosphoric ester groups is 1. The fourth-order valence-corrected chi connectivity index (χ4v) is 5.84. The van der Waals surface area contributed by atoms with Crippen LogP contribution in [0.4, 0.5) is 4.79 Å². The number of rotatable bonds is 5. The SMILES string of the molecule is C[C@@]12OC(=O)O[C@@H]1[C@@H](CO[P@@]1(=O)OCC[C@@H](c3cccc(Cl)c3)O1)O[C@H]2n1ccc(=O)[nH]c1=O. The third-order valence-electron chi connectivity index (χ3n) is 5.83. The number of ether oxygens (including phenoxy) is 3. The summed E-state index contributed by atoms with van der Waals surface area (Å²) in [5.41, 5.74) is -2.06. The van der Waals surface area contributed by atoms with Gasteiger partial charge in [0.2, 0.25) is 0 Å². The van der Waals surface area contributed by atoms with Gasteiger partial charge in [-0.1, -0.05) is 23.7 Å². The maximum atomic E-state index is 13.1. The molecule has 3 fully saturated rings. The molecule has 4 heterocycles. The van der Waals surface area contributed by atoms with Crippen molar-refractivity contribution in [3.8, 4) is 0 Å². The van der Waals surface area contributed by atoms with Gasteiger partial charge in [0, 0.05) is 23.7 Å². The second-order valence-electron chi connectivity index (χ2n) is 8.13. The average molecular weight is 515 g/mol. The molecule has 5 rings (SSSR count). The second-order valence-corrected chi connectivity index (χ2v) is 10.2. The standard InChI is InChI=1S/C20H20ClN2O10P/c1-20-16(31-19(26)32-20)14(30-17(20)23-7-5-15(24)22-18(23)25)10-29-34(27)28-8-6-13(33-34)11-3-2-4-12(21)9-11/h2-5,7,9,13-14,16-17H,6,8,10H2,1H3,(H,22,24,25)/t13-,14+,16+,17+,20+,34+/m0/s1. The van der Waals surface area contributed by atoms with E-state index in [1.54, 1.807) is 24.3 Å². The number of phosphoric acid groups is 1. The summed E-state index contributed by atoms with van der Waals surface area (Å²) in [4.78, 5) is 37.8. The van der Waals surface area contributed by atoms with Gasteiger partial charge >= 0.3 is 19.7 Å². The van der Waals surface area contributed by atoms with Gasteiger partial charge in [0.1, 0.15) is 6.10 Å². The molecule has 0 bridgehead atoms. The Morgan fingerprint density at radius 2 is 2.12 bits per heavy atom. The normalized spacial score (nSPS) is 34.9. The van der Waals surface area contributed by atoms with E-state index in [-0.39, 0.29) is 13.2 Å². The van der Waals surface area contributed by atoms with Crippen LogP contribution in [-0.4, -0.2) is 46.7 Å². The lowest BCUT2D eigenvalue weighted by Gasteiger charge is -2.30. The highest BCUT2D eigenvalue weighted by Crippen LogP contribution is 2.58. The highest BCUT2D eigenvalue weighted by molar-refractivity contribution is 7.48. The third kappa shape index (κ3) is 4.21. The molecule has 34 heavy (non-hydrogen) atoms. The van der Waals surface area contributed by atoms with Gasteiger partial charge in [-0.15, -0.1) is 0 Å². The van der Waals surface area contributed by atoms with E-state index < -0.39 is 55.4 Å². The van der Waals surface area contributed by atoms with Gasteiger partial charge in [-0.3, -0.25) is 27.9 Å². The molecule has 0 radical (unpaired) electrons. The van der Waals surface area contributed by atoms with Crippen LogP contribution in [0.2, 0.25) is 5.02 Å². The van der Waals surface area contributed by atoms with Gasteiger partial charge in [0.15, 0.2) is 17.9 Å². The fraction of sp³-hybridized carbons (Fsp3) is 0.450. The molecule has 14 heteroatoms. The minimum atomic E-state index is -4.00. The number of fused-ring (bicyclic) bond motifs is 1. The molecule has 3 aliphatic heterocycles. The van der Waals surface area contributed by atoms with Crippen molar-refractivity contribution in [2.75, 3.05) is 13.2 Å². The quantitative estimate of drug-likeness (QED) is 0.467. The average Bonchev–Trinajstić information content (AvgIpc) is 3.22. The number of aromatic amines is 1. The third-order valence-corrected chi connectivity index (χ3v) is 7.54. The summed E-state index contributed by atoms with van der Waals surface area (Å²) < 4.78 is 47.2. The number of hydrogen-bond acceptors (Lipinski definition) is 10. The van der Waals surface area contributed by atoms with E-state index >= 15 is 0 Å². The van der Waals surface area contributed by atoms with Crippen LogP contribution in [0.25, 0.3) is 0 Å². The van der Waals surface area contributed by atoms with Gasteiger partial charge in [-0.25, -0.2) is 14.2 Å². The topological polar surface area (TPSA) is 144 Å². The van der Waals surface area contributed by atoms with E-state index in [1.807, 2.05) is 0 Å². The second kappa shape index (κ2) is 8.63. The first-order chi connectivity index (χ1) is 16.2. The van der Waals surface area contributed by atoms with Gasteiger partial charge in [0.25, 0.3) is 5.56 Å². The first kappa shape index (κ1) is 23.3. The zero-order valence-electron chi connectivity index (χ0n) is 17.7. The zero-order valence-corrected chi connectivity index (χ0v) is 19.4. The molecule has 1 aromatic heterocycles. The monoisotopic (exact) mass is 514 g/mol. The van der Waals surface area contributed by atoms with Crippen molar-refractivity contribution in [3.63, 3.8) is 0 Å². The number of benzene rings is 1. The minimum Gasteiger partial charge on any atom is -0.424 e. The number of aromatic nitrogens is 2. The largest absolute Gasteiger partial charge is 0.509 e. The highest BCUT2D eigenvalue weighted by atomic mass is 35.5. The molecule has 3 aliphatic rings. The molecule has 0 unspecified atom stereocenters. The molecular formula is C20H20ClN2O10P. The van der Waals surface area contributed by atoms with Crippen LogP contribution >= 0.6 is 19.4 Å². The van der Waals surface area contributed by atoms with Gasteiger partial charge < -0.3 is 14.2 Å². The lowest BCUT2D eigenvalue weighted by Crippen LogP contribution is -2.45. The maximum absolute atomic E-state index is 13.1. The van der Waals surface area contributed by atoms with Crippen LogP contribution in [0.15, 0.2) is 46.1 Å². The van der Waals surface area contributed by atoms with Crippen LogP contribution in [0.1, 0.15) is 31.2 Å². The predicted octanol–water partition coefficient (Wildman–Crippen LogP) is 2.68. The van der Waals surface area contributed by atoms with Crippen LogP contribution < -0.4 is 11.2 Å². The van der Waals surface area contributed by atoms with Gasteiger partial charge in [-0.2, -0.15) is 0 Å². The van der Waals surface area contributed by atoms with Crippen molar-refractivity contribution in [1.82, 2.24) is 9.55 Å². The molecule has 0 amide bonds. The summed E-state index contributed by atoms with van der Waals surface area (Å²) in [5, 5.41) is 0.508. The summed E-state index contributed by atoms with van der Waals surface area (Å²) in [5.74, 6) is 0. The Kier molecular flexibility index (Phi) is 5.91. The number of carbonyl (C=O) groups is 1. The van der Waals surface area contributed by atoms with Crippen LogP contribution in [0.3, 0.4) is 0 Å². The molecule has 0 spiro atoms. The van der Waals surface area contributed by atoms with Crippen molar-refractivity contribution in [1.29, 1.82) is 0 Å². The van der Waals surface area contributed by atoms with Crippen LogP contribution in [-0.2, 0) is 32.3 Å². The van der Waals surface area contributed by atoms with Gasteiger partial charge in [-0.05, 0) is 24.6 Å². The molecular weight excluding hydrogens is 495 g/mol. The van der Waals surface area contributed by atoms with Crippen LogP contribution in [0.5, 0.6) is 0 Å². The number of nitrogens with one attached hydrogen (secondary N) is 1. The lowest BCUT2D eigenvalue weighted by molar-refractivity contribution is -0.0960. The summed E-state index contributed by atoms with van der Waals surface area (Å²) in [6.45, 7) is 1.29. The van der Waals surface area contributed by atoms with E-state index in [1.165, 1.54) is 13.1 Å². The number of nitrogens with zero attached hydrogens (tertiary/aromatic N) is 1. The van der Waals surface area contributed by atoms with Crippen LogP contribution in [0, 0.1) is 0 Å². The van der Waals surface area contributed by atoms with Crippen molar-refractivity contribution in [2.24, 2.45) is 0 Å². The maximum Gasteiger partial charge on any atom is 0.509 e. The highest BCUT2D eigenvalue weighted by Gasteiger charge is 2.64. The Hall–Kier alpha value is -2.47. The Bertz CT molecular complexity index is 1280. The smallest absolute Gasteiger partial charge is 0.424 e. The number of halogens is 1. The summed E-state index contributed by atoms with van der Waals surface area (Å²) in [6.07, 6.45) is -2.98. The number of H-pyrrole nitrogens is 1. The first-order valence-electron chi connectivity index (χ1n) is 10.4. The number of carbonyl (C=O) groups excluding carboxylic acids is 1. The Balaban J connectivity index is 1.34. The zero-order chi connectivity index (χ0) is 24.1. The molecule has 2 aromatic rings. The summed E-state index contributed by atoms with van der Waals surface area (Å²) >= 11 is 6.04. The van der Waals surface area contributed by atoms with Crippen molar-refractivity contribution in [3.05, 3.63) is 68.0 Å². The van der Waals surface area contributed by atoms with E-state index in [2.05, 4.69) is 4.98 Å². The molecule has 0 aliphatic carbocycles. The van der Waals surface area contributed by atoms with E-state index in [0.29, 0.717) is 11.4 Å². The fourth-order valence-electron chi connectivity index (χ4n) is 4.25. The van der Waals surface area contributed by atoms with E-state index in [4.69, 9.17) is 39.4 Å². The molecule has 6 atom stereocenters. The molecule has 182 valence electrons. The Morgan fingerprint density at radius 3 is 2.88 bits per heavy atom. The molecule has 1 aromatic carbocycles. The first-order valence-corrected chi connectivity index (χ1v) is 12.2. The van der Waals surface area contributed by atoms with E-state index in [0.717, 1.165) is 16.2 Å². The van der Waals surface area contributed by atoms with Crippen molar-refractivity contribution >= 4 is 25.6 Å². The van der Waals surface area contributed by atoms with Crippen molar-refractivity contribution < 1.29 is 37.1 Å². The molecule has 12 nitrogen and oxygen atoms in total. The Morgan fingerprint density at radius 1 is 1.29 bits per heavy atom. The summed E-state index contributed by atoms with van der Waals surface area (Å²) in [6, 6.07) is 8.09. The minimum absolute atomic E-state index is 0.120. The number of hydrogen-bond donors (Lipinski definition) is 1. The lowest BCUT2D eigenvalue weighted by atomic mass is 9.96. The predicted molar refractivity (Wildman–Crippen MR) is 114 cm³/mol. The molecule has 1 N–H and O–H groups in total. The van der Waals surface area contributed by atoms with E-state index in [9.17, 15) is 18.9 Å². The molecule has 3 saturated heterocycles. The van der Waals surface area contributed by atoms with Crippen molar-refractivity contribution in [2.45, 2.75) is 43.5 Å². The molecule has 0 saturated carbocycles. The Labute approximate surface area is 197 Å². The summed E-state index contributed by atoms with van der Waals surface area (Å²) in [7, 11) is -4.00. The van der Waals surface area contributed by atoms with Gasteiger partial charge in [0.05, 0.1) is 19.3 Å².